The van der Waals surface area contributed by atoms with E-state index < -0.39 is 11.8 Å². The largest absolute Gasteiger partial charge is 0.475 e. The van der Waals surface area contributed by atoms with Crippen LogP contribution in [0.15, 0.2) is 6.20 Å². The molecule has 6 nitrogen and oxygen atoms in total. The number of aliphatic carboxylic acids is 1. The highest BCUT2D eigenvalue weighted by Gasteiger charge is 2.18. The summed E-state index contributed by atoms with van der Waals surface area (Å²) in [6.45, 7) is 0. The summed E-state index contributed by atoms with van der Waals surface area (Å²) >= 11 is 0. The number of rotatable bonds is 2. The third-order valence-electron chi connectivity index (χ3n) is 1.14. The van der Waals surface area contributed by atoms with E-state index in [1.165, 1.54) is 7.05 Å². The van der Waals surface area contributed by atoms with Crippen LogP contribution in [0, 0.1) is 0 Å². The molecule has 0 aliphatic rings. The van der Waals surface area contributed by atoms with Crippen LogP contribution in [0.1, 0.15) is 10.5 Å². The number of nitrogens with zero attached hydrogens (tertiary/aromatic N) is 3. The highest BCUT2D eigenvalue weighted by atomic mass is 16.4. The number of carbonyl (C=O) groups excluding carboxylic acids is 1. The molecule has 0 aromatic carbocycles. The van der Waals surface area contributed by atoms with Crippen molar-refractivity contribution in [2.75, 3.05) is 0 Å². The second kappa shape index (κ2) is 2.49. The van der Waals surface area contributed by atoms with Crippen LogP contribution in [-0.4, -0.2) is 31.9 Å². The van der Waals surface area contributed by atoms with Gasteiger partial charge in [-0.3, -0.25) is 4.79 Å². The van der Waals surface area contributed by atoms with E-state index in [1.54, 1.807) is 0 Å². The molecule has 0 atom stereocenters. The zero-order valence-electron chi connectivity index (χ0n) is 5.68. The second-order valence-electron chi connectivity index (χ2n) is 1.88. The van der Waals surface area contributed by atoms with Gasteiger partial charge < -0.3 is 5.11 Å². The van der Waals surface area contributed by atoms with Gasteiger partial charge in [-0.2, -0.15) is 0 Å². The molecule has 0 saturated heterocycles. The quantitative estimate of drug-likeness (QED) is 0.441. The van der Waals surface area contributed by atoms with Crippen molar-refractivity contribution in [1.82, 2.24) is 15.0 Å². The lowest BCUT2D eigenvalue weighted by Gasteiger charge is -1.92. The van der Waals surface area contributed by atoms with Crippen LogP contribution in [0.4, 0.5) is 0 Å². The molecule has 1 N–H and O–H groups in total. The molecule has 1 aromatic heterocycles. The zero-order valence-corrected chi connectivity index (χ0v) is 5.68. The van der Waals surface area contributed by atoms with Crippen molar-refractivity contribution in [1.29, 1.82) is 0 Å². The lowest BCUT2D eigenvalue weighted by molar-refractivity contribution is -0.131. The summed E-state index contributed by atoms with van der Waals surface area (Å²) in [5.41, 5.74) is -0.0301. The van der Waals surface area contributed by atoms with E-state index in [9.17, 15) is 9.59 Å². The van der Waals surface area contributed by atoms with Gasteiger partial charge in [0.2, 0.25) is 0 Å². The van der Waals surface area contributed by atoms with Crippen molar-refractivity contribution >= 4 is 11.8 Å². The highest BCUT2D eigenvalue weighted by molar-refractivity contribution is 6.39. The minimum absolute atomic E-state index is 0.0301. The first kappa shape index (κ1) is 7.39. The first-order valence-electron chi connectivity index (χ1n) is 2.75. The number of hydrogen-bond donors (Lipinski definition) is 1. The van der Waals surface area contributed by atoms with Crippen LogP contribution < -0.4 is 0 Å². The molecule has 0 bridgehead atoms. The molecule has 0 spiro atoms. The Hall–Kier alpha value is -1.72. The molecule has 1 aromatic rings. The third kappa shape index (κ3) is 1.23. The fourth-order valence-corrected chi connectivity index (χ4v) is 0.605. The van der Waals surface area contributed by atoms with Gasteiger partial charge >= 0.3 is 5.97 Å². The van der Waals surface area contributed by atoms with E-state index in [0.29, 0.717) is 0 Å². The maximum atomic E-state index is 10.7. The fraction of sp³-hybridized carbons (Fsp3) is 0.200. The summed E-state index contributed by atoms with van der Waals surface area (Å²) in [7, 11) is 1.45. The van der Waals surface area contributed by atoms with Crippen LogP contribution >= 0.6 is 0 Å². The van der Waals surface area contributed by atoms with E-state index in [-0.39, 0.29) is 5.69 Å². The van der Waals surface area contributed by atoms with Gasteiger partial charge in [-0.15, -0.1) is 5.10 Å². The summed E-state index contributed by atoms with van der Waals surface area (Å²) in [4.78, 5) is 20.9. The molecule has 1 rings (SSSR count). The fourth-order valence-electron chi connectivity index (χ4n) is 0.605. The predicted octanol–water partition coefficient (Wildman–Crippen LogP) is -0.918. The van der Waals surface area contributed by atoms with Gasteiger partial charge in [0, 0.05) is 7.05 Å². The Morgan fingerprint density at radius 3 is 2.64 bits per heavy atom. The normalized spacial score (nSPS) is 9.55. The van der Waals surface area contributed by atoms with Crippen molar-refractivity contribution in [2.24, 2.45) is 7.05 Å². The standard InChI is InChI=1S/C5H5N3O3/c1-8-3(2-6-7-8)4(9)5(10)11/h2H,1H3,(H,10,11). The molecular weight excluding hydrogens is 150 g/mol. The lowest BCUT2D eigenvalue weighted by Crippen LogP contribution is -2.16. The minimum Gasteiger partial charge on any atom is -0.475 e. The number of aromatic nitrogens is 3. The van der Waals surface area contributed by atoms with Gasteiger partial charge in [0.05, 0.1) is 6.20 Å². The Labute approximate surface area is 61.4 Å². The molecule has 0 amide bonds. The number of aryl methyl sites for hydroxylation is 1. The average Bonchev–Trinajstić information content (AvgIpc) is 2.33. The highest BCUT2D eigenvalue weighted by Crippen LogP contribution is 1.94. The number of ketones is 1. The molecular formula is C5H5N3O3. The molecule has 11 heavy (non-hydrogen) atoms. The van der Waals surface area contributed by atoms with Crippen LogP contribution in [0.25, 0.3) is 0 Å². The smallest absolute Gasteiger partial charge is 0.378 e. The maximum Gasteiger partial charge on any atom is 0.378 e. The number of hydrogen-bond acceptors (Lipinski definition) is 4. The molecule has 1 heterocycles. The lowest BCUT2D eigenvalue weighted by atomic mass is 10.3. The molecule has 0 aliphatic carbocycles. The SMILES string of the molecule is Cn1nncc1C(=O)C(=O)O. The van der Waals surface area contributed by atoms with Crippen LogP contribution in [0.3, 0.4) is 0 Å². The van der Waals surface area contributed by atoms with Gasteiger partial charge in [-0.1, -0.05) is 5.21 Å². The monoisotopic (exact) mass is 155 g/mol. The Bertz CT molecular complexity index is 304. The van der Waals surface area contributed by atoms with Gasteiger partial charge in [-0.05, 0) is 0 Å². The maximum absolute atomic E-state index is 10.7. The molecule has 0 fully saturated rings. The predicted molar refractivity (Wildman–Crippen MR) is 33.0 cm³/mol. The van der Waals surface area contributed by atoms with Crippen LogP contribution in [-0.2, 0) is 11.8 Å². The van der Waals surface area contributed by atoms with E-state index in [4.69, 9.17) is 5.11 Å². The van der Waals surface area contributed by atoms with Crippen molar-refractivity contribution in [2.45, 2.75) is 0 Å². The van der Waals surface area contributed by atoms with E-state index in [1.807, 2.05) is 0 Å². The molecule has 0 saturated carbocycles. The van der Waals surface area contributed by atoms with E-state index in [2.05, 4.69) is 10.3 Å². The van der Waals surface area contributed by atoms with Crippen molar-refractivity contribution in [3.05, 3.63) is 11.9 Å². The number of carboxylic acid groups (broad SMARTS) is 1. The van der Waals surface area contributed by atoms with E-state index >= 15 is 0 Å². The Balaban J connectivity index is 3.02. The first-order chi connectivity index (χ1) is 5.13. The number of carboxylic acids is 1. The molecule has 0 radical (unpaired) electrons. The van der Waals surface area contributed by atoms with Crippen LogP contribution in [0.5, 0.6) is 0 Å². The summed E-state index contributed by atoms with van der Waals surface area (Å²) < 4.78 is 1.11. The second-order valence-corrected chi connectivity index (χ2v) is 1.88. The number of Topliss-reactive ketones (excluding diaryl/α,β-unsaturated/α-hetero) is 1. The van der Waals surface area contributed by atoms with Crippen molar-refractivity contribution in [3.8, 4) is 0 Å². The Morgan fingerprint density at radius 2 is 2.27 bits per heavy atom. The summed E-state index contributed by atoms with van der Waals surface area (Å²) in [5, 5.41) is 15.0. The zero-order chi connectivity index (χ0) is 8.43. The molecule has 0 unspecified atom stereocenters. The van der Waals surface area contributed by atoms with E-state index in [0.717, 1.165) is 10.9 Å². The molecule has 6 heteroatoms. The van der Waals surface area contributed by atoms with Gasteiger partial charge in [0.25, 0.3) is 5.78 Å². The van der Waals surface area contributed by atoms with Gasteiger partial charge in [0.1, 0.15) is 5.69 Å². The summed E-state index contributed by atoms with van der Waals surface area (Å²) in [5.74, 6) is -2.51. The van der Waals surface area contributed by atoms with Crippen molar-refractivity contribution < 1.29 is 14.7 Å². The van der Waals surface area contributed by atoms with Gasteiger partial charge in [-0.25, -0.2) is 9.48 Å². The van der Waals surface area contributed by atoms with Gasteiger partial charge in [0.15, 0.2) is 0 Å². The Kier molecular flexibility index (Phi) is 1.67. The first-order valence-corrected chi connectivity index (χ1v) is 2.75. The van der Waals surface area contributed by atoms with Crippen LogP contribution in [0.2, 0.25) is 0 Å². The molecule has 58 valence electrons. The third-order valence-corrected chi connectivity index (χ3v) is 1.14. The average molecular weight is 155 g/mol. The minimum atomic E-state index is -1.50. The number of carbonyl (C=O) groups is 2. The summed E-state index contributed by atoms with van der Waals surface area (Å²) in [6.07, 6.45) is 1.11. The topological polar surface area (TPSA) is 85.1 Å². The summed E-state index contributed by atoms with van der Waals surface area (Å²) in [6, 6.07) is 0. The Morgan fingerprint density at radius 1 is 1.64 bits per heavy atom. The molecule has 0 aliphatic heterocycles. The van der Waals surface area contributed by atoms with Crippen molar-refractivity contribution in [3.63, 3.8) is 0 Å².